The van der Waals surface area contributed by atoms with E-state index in [1.807, 2.05) is 0 Å². The lowest BCUT2D eigenvalue weighted by Crippen LogP contribution is -2.27. The van der Waals surface area contributed by atoms with Crippen molar-refractivity contribution < 1.29 is 19.8 Å². The van der Waals surface area contributed by atoms with E-state index in [1.54, 1.807) is 19.9 Å². The van der Waals surface area contributed by atoms with Crippen molar-refractivity contribution in [2.24, 2.45) is 0 Å². The molecule has 0 saturated carbocycles. The molecule has 1 heterocycles. The van der Waals surface area contributed by atoms with Crippen LogP contribution in [0.4, 0.5) is 4.79 Å². The highest BCUT2D eigenvalue weighted by Gasteiger charge is 2.33. The van der Waals surface area contributed by atoms with E-state index in [4.69, 9.17) is 0 Å². The monoisotopic (exact) mass is 279 g/mol. The summed E-state index contributed by atoms with van der Waals surface area (Å²) in [5.41, 5.74) is 1.07. The van der Waals surface area contributed by atoms with Crippen molar-refractivity contribution in [1.29, 1.82) is 0 Å². The third kappa shape index (κ3) is 2.44. The number of hydrogen-bond acceptors (Lipinski definition) is 5. The van der Waals surface area contributed by atoms with E-state index >= 15 is 0 Å². The maximum absolute atomic E-state index is 11.9. The second-order valence-electron chi connectivity index (χ2n) is 4.13. The van der Waals surface area contributed by atoms with E-state index in [-0.39, 0.29) is 22.6 Å². The van der Waals surface area contributed by atoms with Gasteiger partial charge < -0.3 is 10.2 Å². The first-order valence-electron chi connectivity index (χ1n) is 5.72. The minimum absolute atomic E-state index is 0.182. The first-order valence-corrected chi connectivity index (χ1v) is 6.53. The molecule has 19 heavy (non-hydrogen) atoms. The fourth-order valence-electron chi connectivity index (χ4n) is 1.80. The summed E-state index contributed by atoms with van der Waals surface area (Å²) in [5.74, 6) is -0.762. The van der Waals surface area contributed by atoms with Crippen LogP contribution in [0.3, 0.4) is 0 Å². The molecule has 2 amide bonds. The predicted molar refractivity (Wildman–Crippen MR) is 72.9 cm³/mol. The number of thioether (sulfide) groups is 1. The van der Waals surface area contributed by atoms with Crippen molar-refractivity contribution in [2.45, 2.75) is 13.8 Å². The Kier molecular flexibility index (Phi) is 3.53. The lowest BCUT2D eigenvalue weighted by molar-refractivity contribution is -0.122. The van der Waals surface area contributed by atoms with E-state index in [9.17, 15) is 19.8 Å². The number of aromatic hydroxyl groups is 2. The third-order valence-electron chi connectivity index (χ3n) is 2.79. The molecule has 0 aliphatic carbocycles. The zero-order valence-electron chi connectivity index (χ0n) is 10.5. The number of aryl methyl sites for hydroxylation is 1. The number of hydrogen-bond donors (Lipinski definition) is 2. The van der Waals surface area contributed by atoms with Gasteiger partial charge >= 0.3 is 0 Å². The van der Waals surface area contributed by atoms with Gasteiger partial charge in [0.15, 0.2) is 11.5 Å². The average Bonchev–Trinajstić information content (AvgIpc) is 2.61. The van der Waals surface area contributed by atoms with Gasteiger partial charge in [0.25, 0.3) is 11.1 Å². The van der Waals surface area contributed by atoms with Gasteiger partial charge in [-0.15, -0.1) is 0 Å². The van der Waals surface area contributed by atoms with Crippen LogP contribution in [-0.4, -0.2) is 32.8 Å². The SMILES string of the molecule is CCN1C(=O)S/C(=C\c2cc(C)c(O)c(O)c2)C1=O. The van der Waals surface area contributed by atoms with Gasteiger partial charge in [-0.05, 0) is 54.9 Å². The fraction of sp³-hybridized carbons (Fsp3) is 0.231. The summed E-state index contributed by atoms with van der Waals surface area (Å²) in [7, 11) is 0. The molecule has 6 heteroatoms. The van der Waals surface area contributed by atoms with E-state index in [0.29, 0.717) is 22.6 Å². The predicted octanol–water partition coefficient (Wildman–Crippen LogP) is 2.46. The van der Waals surface area contributed by atoms with Crippen molar-refractivity contribution in [2.75, 3.05) is 6.54 Å². The first-order chi connectivity index (χ1) is 8.93. The Morgan fingerprint density at radius 3 is 2.53 bits per heavy atom. The molecule has 1 aromatic carbocycles. The van der Waals surface area contributed by atoms with Crippen LogP contribution in [0.25, 0.3) is 6.08 Å². The highest BCUT2D eigenvalue weighted by atomic mass is 32.2. The second kappa shape index (κ2) is 4.97. The van der Waals surface area contributed by atoms with Crippen molar-refractivity contribution >= 4 is 29.0 Å². The molecule has 0 aromatic heterocycles. The lowest BCUT2D eigenvalue weighted by atomic mass is 10.1. The molecule has 1 aromatic rings. The number of phenols is 2. The minimum Gasteiger partial charge on any atom is -0.504 e. The van der Waals surface area contributed by atoms with Crippen LogP contribution in [0.15, 0.2) is 17.0 Å². The van der Waals surface area contributed by atoms with E-state index in [1.165, 1.54) is 12.1 Å². The third-order valence-corrected chi connectivity index (χ3v) is 3.70. The Morgan fingerprint density at radius 1 is 1.32 bits per heavy atom. The number of phenolic OH excluding ortho intramolecular Hbond substituents is 2. The fourth-order valence-corrected chi connectivity index (χ4v) is 2.70. The summed E-state index contributed by atoms with van der Waals surface area (Å²) in [6.45, 7) is 3.71. The number of benzene rings is 1. The highest BCUT2D eigenvalue weighted by molar-refractivity contribution is 8.18. The topological polar surface area (TPSA) is 77.8 Å². The summed E-state index contributed by atoms with van der Waals surface area (Å²) in [4.78, 5) is 24.9. The summed E-state index contributed by atoms with van der Waals surface area (Å²) < 4.78 is 0. The van der Waals surface area contributed by atoms with Crippen molar-refractivity contribution in [3.63, 3.8) is 0 Å². The second-order valence-corrected chi connectivity index (χ2v) is 5.12. The van der Waals surface area contributed by atoms with Gasteiger partial charge in [0.05, 0.1) is 4.91 Å². The van der Waals surface area contributed by atoms with Crippen molar-refractivity contribution in [3.8, 4) is 11.5 Å². The van der Waals surface area contributed by atoms with Gasteiger partial charge in [-0.2, -0.15) is 0 Å². The van der Waals surface area contributed by atoms with Crippen LogP contribution in [0, 0.1) is 6.92 Å². The Labute approximate surface area is 114 Å². The lowest BCUT2D eigenvalue weighted by Gasteiger charge is -2.07. The summed E-state index contributed by atoms with van der Waals surface area (Å²) >= 11 is 0.872. The molecule has 0 unspecified atom stereocenters. The number of carbonyl (C=O) groups excluding carboxylic acids is 2. The van der Waals surface area contributed by atoms with E-state index in [2.05, 4.69) is 0 Å². The Bertz CT molecular complexity index is 571. The van der Waals surface area contributed by atoms with Gasteiger partial charge in [0.2, 0.25) is 0 Å². The van der Waals surface area contributed by atoms with Gasteiger partial charge in [-0.25, -0.2) is 0 Å². The minimum atomic E-state index is -0.331. The first kappa shape index (κ1) is 13.5. The van der Waals surface area contributed by atoms with Gasteiger partial charge in [0.1, 0.15) is 0 Å². The van der Waals surface area contributed by atoms with Crippen LogP contribution in [0.2, 0.25) is 0 Å². The number of nitrogens with zero attached hydrogens (tertiary/aromatic N) is 1. The number of carbonyl (C=O) groups is 2. The normalized spacial score (nSPS) is 17.6. The van der Waals surface area contributed by atoms with Crippen LogP contribution >= 0.6 is 11.8 Å². The largest absolute Gasteiger partial charge is 0.504 e. The summed E-state index contributed by atoms with van der Waals surface area (Å²) in [5, 5.41) is 18.7. The Balaban J connectivity index is 2.38. The van der Waals surface area contributed by atoms with Gasteiger partial charge in [-0.3, -0.25) is 14.5 Å². The number of rotatable bonds is 2. The molecule has 5 nitrogen and oxygen atoms in total. The number of amides is 2. The molecule has 100 valence electrons. The molecule has 0 bridgehead atoms. The van der Waals surface area contributed by atoms with E-state index in [0.717, 1.165) is 16.7 Å². The summed E-state index contributed by atoms with van der Waals surface area (Å²) in [6.07, 6.45) is 1.53. The molecule has 1 fully saturated rings. The average molecular weight is 279 g/mol. The highest BCUT2D eigenvalue weighted by Crippen LogP contribution is 2.34. The van der Waals surface area contributed by atoms with Crippen LogP contribution < -0.4 is 0 Å². The standard InChI is InChI=1S/C13H13NO4S/c1-3-14-12(17)10(19-13(14)18)6-8-4-7(2)11(16)9(15)5-8/h4-6,15-16H,3H2,1-2H3/b10-6-. The number of likely N-dealkylation sites (N-methyl/N-ethyl adjacent to an activating group) is 1. The molecule has 0 spiro atoms. The zero-order valence-corrected chi connectivity index (χ0v) is 11.3. The molecule has 1 aliphatic heterocycles. The van der Waals surface area contributed by atoms with Gasteiger partial charge in [-0.1, -0.05) is 0 Å². The molecular weight excluding hydrogens is 266 g/mol. The molecular formula is C13H13NO4S. The molecule has 1 aliphatic rings. The smallest absolute Gasteiger partial charge is 0.293 e. The summed E-state index contributed by atoms with van der Waals surface area (Å²) in [6, 6.07) is 2.98. The van der Waals surface area contributed by atoms with Crippen molar-refractivity contribution in [1.82, 2.24) is 4.90 Å². The van der Waals surface area contributed by atoms with Crippen LogP contribution in [-0.2, 0) is 4.79 Å². The van der Waals surface area contributed by atoms with E-state index < -0.39 is 0 Å². The molecule has 2 rings (SSSR count). The van der Waals surface area contributed by atoms with Gasteiger partial charge in [0, 0.05) is 6.54 Å². The maximum atomic E-state index is 11.9. The number of imide groups is 1. The molecule has 1 saturated heterocycles. The molecule has 0 atom stereocenters. The Morgan fingerprint density at radius 2 is 2.00 bits per heavy atom. The zero-order chi connectivity index (χ0) is 14.2. The Hall–Kier alpha value is -1.95. The quantitative estimate of drug-likeness (QED) is 0.642. The molecule has 0 radical (unpaired) electrons. The molecule has 2 N–H and O–H groups in total. The van der Waals surface area contributed by atoms with Crippen LogP contribution in [0.1, 0.15) is 18.1 Å². The van der Waals surface area contributed by atoms with Crippen molar-refractivity contribution in [3.05, 3.63) is 28.2 Å². The van der Waals surface area contributed by atoms with Crippen LogP contribution in [0.5, 0.6) is 11.5 Å². The maximum Gasteiger partial charge on any atom is 0.293 e.